The Morgan fingerprint density at radius 1 is 0.906 bits per heavy atom. The van der Waals surface area contributed by atoms with Crippen LogP contribution in [0.4, 0.5) is 0 Å². The van der Waals surface area contributed by atoms with Crippen molar-refractivity contribution in [1.29, 1.82) is 0 Å². The molecule has 0 fully saturated rings. The lowest BCUT2D eigenvalue weighted by atomic mass is 10.2. The Kier molecular flexibility index (Phi) is 7.47. The van der Waals surface area contributed by atoms with Gasteiger partial charge in [0.1, 0.15) is 12.7 Å². The van der Waals surface area contributed by atoms with Crippen molar-refractivity contribution in [2.75, 3.05) is 6.61 Å². The van der Waals surface area contributed by atoms with Gasteiger partial charge in [0.05, 0.1) is 5.56 Å². The summed E-state index contributed by atoms with van der Waals surface area (Å²) in [5.74, 6) is -7.43. The summed E-state index contributed by atoms with van der Waals surface area (Å²) < 4.78 is 9.34. The molecule has 0 saturated carbocycles. The van der Waals surface area contributed by atoms with Crippen molar-refractivity contribution in [1.82, 2.24) is 0 Å². The third kappa shape index (κ3) is 6.03. The summed E-state index contributed by atoms with van der Waals surface area (Å²) in [7, 11) is 0. The molecular formula is C20H18O12. The number of aliphatic carboxylic acids is 1. The highest BCUT2D eigenvalue weighted by molar-refractivity contribution is 5.91. The van der Waals surface area contributed by atoms with E-state index in [1.54, 1.807) is 0 Å². The third-order valence-electron chi connectivity index (χ3n) is 3.94. The van der Waals surface area contributed by atoms with Gasteiger partial charge in [-0.1, -0.05) is 6.07 Å². The van der Waals surface area contributed by atoms with Crippen molar-refractivity contribution in [2.24, 2.45) is 0 Å². The van der Waals surface area contributed by atoms with Crippen molar-refractivity contribution < 1.29 is 59.6 Å². The molecule has 32 heavy (non-hydrogen) atoms. The molecule has 0 aliphatic rings. The van der Waals surface area contributed by atoms with Gasteiger partial charge in [-0.05, 0) is 35.9 Å². The zero-order chi connectivity index (χ0) is 24.0. The molecule has 2 unspecified atom stereocenters. The lowest BCUT2D eigenvalue weighted by molar-refractivity contribution is -0.170. The maximum Gasteiger partial charge on any atom is 0.347 e. The number of aliphatic hydroxyl groups is 1. The molecule has 12 heteroatoms. The van der Waals surface area contributed by atoms with Crippen LogP contribution in [0.3, 0.4) is 0 Å². The fourth-order valence-corrected chi connectivity index (χ4v) is 2.32. The number of phenolic OH excluding ortho intramolecular Hbond substituents is 5. The van der Waals surface area contributed by atoms with Gasteiger partial charge in [0, 0.05) is 6.08 Å². The summed E-state index contributed by atoms with van der Waals surface area (Å²) in [6.45, 7) is -0.930. The molecule has 2 aromatic carbocycles. The molecule has 0 saturated heterocycles. The molecule has 0 spiro atoms. The largest absolute Gasteiger partial charge is 0.504 e. The Labute approximate surface area is 179 Å². The molecule has 2 rings (SSSR count). The normalized spacial score (nSPS) is 12.8. The van der Waals surface area contributed by atoms with Crippen LogP contribution in [0.15, 0.2) is 36.4 Å². The minimum Gasteiger partial charge on any atom is -0.504 e. The van der Waals surface area contributed by atoms with Crippen LogP contribution < -0.4 is 0 Å². The van der Waals surface area contributed by atoms with Crippen molar-refractivity contribution in [3.63, 3.8) is 0 Å². The van der Waals surface area contributed by atoms with E-state index < -0.39 is 65.3 Å². The zero-order valence-corrected chi connectivity index (χ0v) is 16.1. The predicted molar refractivity (Wildman–Crippen MR) is 104 cm³/mol. The maximum absolute atomic E-state index is 11.9. The number of phenols is 5. The number of ether oxygens (including phenoxy) is 2. The molecule has 2 aromatic rings. The third-order valence-corrected chi connectivity index (χ3v) is 3.94. The molecule has 0 bridgehead atoms. The Balaban J connectivity index is 1.99. The van der Waals surface area contributed by atoms with Crippen LogP contribution in [-0.2, 0) is 19.1 Å². The summed E-state index contributed by atoms with van der Waals surface area (Å²) in [5.41, 5.74) is -0.132. The highest BCUT2D eigenvalue weighted by Crippen LogP contribution is 2.35. The number of carbonyl (C=O) groups is 3. The second-order valence-electron chi connectivity index (χ2n) is 6.31. The predicted octanol–water partition coefficient (Wildman–Crippen LogP) is 0.442. The van der Waals surface area contributed by atoms with E-state index in [0.29, 0.717) is 0 Å². The van der Waals surface area contributed by atoms with Gasteiger partial charge in [0.15, 0.2) is 28.7 Å². The van der Waals surface area contributed by atoms with Crippen LogP contribution in [0, 0.1) is 0 Å². The topological polar surface area (TPSA) is 211 Å². The molecule has 0 radical (unpaired) electrons. The van der Waals surface area contributed by atoms with Gasteiger partial charge in [-0.3, -0.25) is 0 Å². The minimum atomic E-state index is -2.12. The molecule has 7 N–H and O–H groups in total. The number of esters is 2. The van der Waals surface area contributed by atoms with Gasteiger partial charge in [-0.15, -0.1) is 0 Å². The number of rotatable bonds is 8. The van der Waals surface area contributed by atoms with Crippen LogP contribution >= 0.6 is 0 Å². The second kappa shape index (κ2) is 10.0. The van der Waals surface area contributed by atoms with Crippen LogP contribution in [0.1, 0.15) is 15.9 Å². The van der Waals surface area contributed by atoms with Crippen molar-refractivity contribution in [2.45, 2.75) is 12.2 Å². The monoisotopic (exact) mass is 450 g/mol. The van der Waals surface area contributed by atoms with Crippen LogP contribution in [0.25, 0.3) is 6.08 Å². The van der Waals surface area contributed by atoms with Crippen LogP contribution in [0.5, 0.6) is 28.7 Å². The van der Waals surface area contributed by atoms with Gasteiger partial charge >= 0.3 is 17.9 Å². The molecular weight excluding hydrogens is 432 g/mol. The maximum atomic E-state index is 11.9. The van der Waals surface area contributed by atoms with Crippen LogP contribution in [0.2, 0.25) is 0 Å². The van der Waals surface area contributed by atoms with Crippen LogP contribution in [-0.4, -0.2) is 72.5 Å². The number of carbonyl (C=O) groups excluding carboxylic acids is 2. The van der Waals surface area contributed by atoms with Gasteiger partial charge in [0.2, 0.25) is 6.10 Å². The first kappa shape index (κ1) is 23.8. The Bertz CT molecular complexity index is 1040. The highest BCUT2D eigenvalue weighted by atomic mass is 16.6. The molecule has 2 atom stereocenters. The first-order valence-electron chi connectivity index (χ1n) is 8.73. The first-order chi connectivity index (χ1) is 15.0. The molecule has 0 aliphatic carbocycles. The van der Waals surface area contributed by atoms with Gasteiger partial charge < -0.3 is 45.2 Å². The molecule has 12 nitrogen and oxygen atoms in total. The second-order valence-corrected chi connectivity index (χ2v) is 6.31. The van der Waals surface area contributed by atoms with E-state index in [1.807, 2.05) is 0 Å². The number of aromatic hydroxyl groups is 5. The van der Waals surface area contributed by atoms with E-state index >= 15 is 0 Å². The van der Waals surface area contributed by atoms with E-state index in [1.165, 1.54) is 6.07 Å². The van der Waals surface area contributed by atoms with E-state index in [0.717, 1.165) is 36.4 Å². The molecule has 0 aliphatic heterocycles. The molecule has 0 aromatic heterocycles. The number of benzene rings is 2. The lowest BCUT2D eigenvalue weighted by Crippen LogP contribution is -2.41. The number of hydrogen-bond acceptors (Lipinski definition) is 11. The SMILES string of the molecule is O=C(/C=C/c1ccc(O)c(O)c1)OC(C(=O)O)C(O)COC(=O)c1cc(O)c(O)c(O)c1. The summed E-state index contributed by atoms with van der Waals surface area (Å²) >= 11 is 0. The smallest absolute Gasteiger partial charge is 0.347 e. The van der Waals surface area contributed by atoms with Crippen molar-refractivity contribution in [3.05, 3.63) is 47.5 Å². The highest BCUT2D eigenvalue weighted by Gasteiger charge is 2.31. The fraction of sp³-hybridized carbons (Fsp3) is 0.150. The Morgan fingerprint density at radius 2 is 1.53 bits per heavy atom. The quantitative estimate of drug-likeness (QED) is 0.166. The average Bonchev–Trinajstić information content (AvgIpc) is 2.74. The number of carboxylic acid groups (broad SMARTS) is 1. The Hall–Kier alpha value is -4.45. The summed E-state index contributed by atoms with van der Waals surface area (Å²) in [4.78, 5) is 35.1. The number of hydrogen-bond donors (Lipinski definition) is 7. The lowest BCUT2D eigenvalue weighted by Gasteiger charge is -2.18. The van der Waals surface area contributed by atoms with E-state index in [4.69, 9.17) is 0 Å². The van der Waals surface area contributed by atoms with Gasteiger partial charge in [-0.2, -0.15) is 0 Å². The van der Waals surface area contributed by atoms with E-state index in [-0.39, 0.29) is 11.3 Å². The van der Waals surface area contributed by atoms with E-state index in [9.17, 15) is 50.1 Å². The van der Waals surface area contributed by atoms with E-state index in [2.05, 4.69) is 9.47 Å². The van der Waals surface area contributed by atoms with Gasteiger partial charge in [0.25, 0.3) is 0 Å². The Morgan fingerprint density at radius 3 is 2.09 bits per heavy atom. The first-order valence-corrected chi connectivity index (χ1v) is 8.73. The van der Waals surface area contributed by atoms with Crippen molar-refractivity contribution in [3.8, 4) is 28.7 Å². The molecule has 0 amide bonds. The molecule has 170 valence electrons. The minimum absolute atomic E-state index is 0.277. The average molecular weight is 450 g/mol. The van der Waals surface area contributed by atoms with Crippen molar-refractivity contribution >= 4 is 24.0 Å². The summed E-state index contributed by atoms with van der Waals surface area (Å²) in [5, 5.41) is 65.8. The number of carboxylic acids is 1. The van der Waals surface area contributed by atoms with Gasteiger partial charge in [-0.25, -0.2) is 14.4 Å². The molecule has 0 heterocycles. The zero-order valence-electron chi connectivity index (χ0n) is 16.1. The standard InChI is InChI=1S/C20H18O12/c21-11-3-1-9(5-12(11)22)2-4-16(26)32-18(19(28)29)15(25)8-31-20(30)10-6-13(23)17(27)14(24)7-10/h1-7,15,18,21-25,27H,8H2,(H,28,29)/b4-2+. The summed E-state index contributed by atoms with van der Waals surface area (Å²) in [6.07, 6.45) is -2.14. The number of aliphatic hydroxyl groups excluding tert-OH is 1. The summed E-state index contributed by atoms with van der Waals surface area (Å²) in [6, 6.07) is 5.17. The fourth-order valence-electron chi connectivity index (χ4n) is 2.32.